The van der Waals surface area contributed by atoms with Crippen LogP contribution in [-0.2, 0) is 5.60 Å². The molecule has 0 saturated carbocycles. The van der Waals surface area contributed by atoms with Crippen molar-refractivity contribution < 1.29 is 14.6 Å². The van der Waals surface area contributed by atoms with Gasteiger partial charge in [0.15, 0.2) is 0 Å². The summed E-state index contributed by atoms with van der Waals surface area (Å²) in [6, 6.07) is 14.8. The lowest BCUT2D eigenvalue weighted by Gasteiger charge is -2.34. The van der Waals surface area contributed by atoms with Gasteiger partial charge in [-0.3, -0.25) is 4.79 Å². The molecule has 4 heteroatoms. The summed E-state index contributed by atoms with van der Waals surface area (Å²) in [7, 11) is 0. The van der Waals surface area contributed by atoms with Gasteiger partial charge in [0.2, 0.25) is 0 Å². The fraction of sp³-hybridized carbons (Fsp3) is 0.278. The van der Waals surface area contributed by atoms with E-state index in [4.69, 9.17) is 4.74 Å². The Labute approximate surface area is 129 Å². The second-order valence-electron chi connectivity index (χ2n) is 5.68. The largest absolute Gasteiger partial charge is 0.493 e. The van der Waals surface area contributed by atoms with Crippen LogP contribution in [0.2, 0.25) is 0 Å². The Morgan fingerprint density at radius 2 is 2.09 bits per heavy atom. The van der Waals surface area contributed by atoms with Crippen LogP contribution in [0.25, 0.3) is 0 Å². The fourth-order valence-electron chi connectivity index (χ4n) is 2.74. The van der Waals surface area contributed by atoms with Gasteiger partial charge in [0, 0.05) is 17.5 Å². The van der Waals surface area contributed by atoms with Crippen LogP contribution in [0.4, 0.5) is 0 Å². The SMILES string of the molecule is Cc1cccc(C(=O)NCC2(O)CCOc3ccccc32)c1. The van der Waals surface area contributed by atoms with Crippen LogP contribution < -0.4 is 10.1 Å². The number of aryl methyl sites for hydroxylation is 1. The highest BCUT2D eigenvalue weighted by molar-refractivity contribution is 5.94. The second kappa shape index (κ2) is 5.81. The molecule has 4 nitrogen and oxygen atoms in total. The Morgan fingerprint density at radius 3 is 2.91 bits per heavy atom. The van der Waals surface area contributed by atoms with Gasteiger partial charge in [-0.15, -0.1) is 0 Å². The van der Waals surface area contributed by atoms with E-state index in [1.807, 2.05) is 49.4 Å². The van der Waals surface area contributed by atoms with E-state index >= 15 is 0 Å². The van der Waals surface area contributed by atoms with E-state index in [0.717, 1.165) is 11.1 Å². The molecule has 1 amide bonds. The molecule has 22 heavy (non-hydrogen) atoms. The van der Waals surface area contributed by atoms with Crippen molar-refractivity contribution >= 4 is 5.91 Å². The van der Waals surface area contributed by atoms with Gasteiger partial charge < -0.3 is 15.2 Å². The highest BCUT2D eigenvalue weighted by atomic mass is 16.5. The van der Waals surface area contributed by atoms with Gasteiger partial charge in [-0.2, -0.15) is 0 Å². The molecular formula is C18H19NO3. The lowest BCUT2D eigenvalue weighted by molar-refractivity contribution is -0.00160. The number of nitrogens with one attached hydrogen (secondary N) is 1. The summed E-state index contributed by atoms with van der Waals surface area (Å²) >= 11 is 0. The first-order chi connectivity index (χ1) is 10.6. The van der Waals surface area contributed by atoms with E-state index < -0.39 is 5.60 Å². The quantitative estimate of drug-likeness (QED) is 0.914. The summed E-state index contributed by atoms with van der Waals surface area (Å²) in [5.74, 6) is 0.502. The molecule has 0 aromatic heterocycles. The average Bonchev–Trinajstić information content (AvgIpc) is 2.53. The zero-order chi connectivity index (χ0) is 15.6. The van der Waals surface area contributed by atoms with Gasteiger partial charge in [-0.05, 0) is 25.1 Å². The molecule has 2 aromatic carbocycles. The maximum atomic E-state index is 12.2. The molecule has 0 saturated heterocycles. The van der Waals surface area contributed by atoms with Crippen LogP contribution in [0.15, 0.2) is 48.5 Å². The number of ether oxygens (including phenoxy) is 1. The first-order valence-electron chi connectivity index (χ1n) is 7.38. The number of rotatable bonds is 3. The van der Waals surface area contributed by atoms with Gasteiger partial charge >= 0.3 is 0 Å². The molecule has 1 atom stereocenters. The Bertz CT molecular complexity index is 698. The molecule has 0 bridgehead atoms. The topological polar surface area (TPSA) is 58.6 Å². The van der Waals surface area contributed by atoms with Gasteiger partial charge in [-0.1, -0.05) is 35.9 Å². The zero-order valence-corrected chi connectivity index (χ0v) is 12.5. The molecule has 0 aliphatic carbocycles. The number of carbonyl (C=O) groups excluding carboxylic acids is 1. The first kappa shape index (κ1) is 14.6. The van der Waals surface area contributed by atoms with Gasteiger partial charge in [0.25, 0.3) is 5.91 Å². The Morgan fingerprint density at radius 1 is 1.27 bits per heavy atom. The summed E-state index contributed by atoms with van der Waals surface area (Å²) in [5.41, 5.74) is 1.27. The average molecular weight is 297 g/mol. The maximum absolute atomic E-state index is 12.2. The molecule has 1 aliphatic heterocycles. The minimum absolute atomic E-state index is 0.167. The van der Waals surface area contributed by atoms with Crippen molar-refractivity contribution in [3.8, 4) is 5.75 Å². The standard InChI is InChI=1S/C18H19NO3/c1-13-5-4-6-14(11-13)17(20)19-12-18(21)9-10-22-16-8-3-2-7-15(16)18/h2-8,11,21H,9-10,12H2,1H3,(H,19,20). The number of aliphatic hydroxyl groups is 1. The molecule has 0 spiro atoms. The predicted molar refractivity (Wildman–Crippen MR) is 84.0 cm³/mol. The van der Waals surface area contributed by atoms with Crippen molar-refractivity contribution in [1.82, 2.24) is 5.32 Å². The van der Waals surface area contributed by atoms with Crippen LogP contribution in [0, 0.1) is 6.92 Å². The van der Waals surface area contributed by atoms with E-state index in [1.165, 1.54) is 0 Å². The zero-order valence-electron chi connectivity index (χ0n) is 12.5. The molecule has 2 N–H and O–H groups in total. The number of amides is 1. The van der Waals surface area contributed by atoms with Crippen molar-refractivity contribution in [3.63, 3.8) is 0 Å². The van der Waals surface area contributed by atoms with Crippen LogP contribution >= 0.6 is 0 Å². The van der Waals surface area contributed by atoms with E-state index in [9.17, 15) is 9.90 Å². The Hall–Kier alpha value is -2.33. The lowest BCUT2D eigenvalue weighted by atomic mass is 9.88. The molecule has 0 radical (unpaired) electrons. The summed E-state index contributed by atoms with van der Waals surface area (Å²) in [5, 5.41) is 13.7. The third-order valence-corrected chi connectivity index (χ3v) is 3.98. The molecule has 3 rings (SSSR count). The highest BCUT2D eigenvalue weighted by Gasteiger charge is 2.35. The van der Waals surface area contributed by atoms with Crippen LogP contribution in [0.1, 0.15) is 27.9 Å². The van der Waals surface area contributed by atoms with Crippen LogP contribution in [-0.4, -0.2) is 24.2 Å². The normalized spacial score (nSPS) is 19.9. The third kappa shape index (κ3) is 2.83. The fourth-order valence-corrected chi connectivity index (χ4v) is 2.74. The monoisotopic (exact) mass is 297 g/mol. The van der Waals surface area contributed by atoms with Crippen molar-refractivity contribution in [2.75, 3.05) is 13.2 Å². The molecule has 1 unspecified atom stereocenters. The summed E-state index contributed by atoms with van der Waals surface area (Å²) < 4.78 is 5.55. The molecule has 0 fully saturated rings. The molecule has 2 aromatic rings. The van der Waals surface area contributed by atoms with E-state index in [-0.39, 0.29) is 12.5 Å². The van der Waals surface area contributed by atoms with Crippen LogP contribution in [0.3, 0.4) is 0 Å². The van der Waals surface area contributed by atoms with E-state index in [0.29, 0.717) is 24.3 Å². The van der Waals surface area contributed by atoms with Gasteiger partial charge in [0.05, 0.1) is 13.2 Å². The minimum Gasteiger partial charge on any atom is -0.493 e. The van der Waals surface area contributed by atoms with Crippen molar-refractivity contribution in [1.29, 1.82) is 0 Å². The Kier molecular flexibility index (Phi) is 3.86. The van der Waals surface area contributed by atoms with Gasteiger partial charge in [0.1, 0.15) is 11.4 Å². The van der Waals surface area contributed by atoms with Crippen LogP contribution in [0.5, 0.6) is 5.75 Å². The van der Waals surface area contributed by atoms with Gasteiger partial charge in [-0.25, -0.2) is 0 Å². The number of carbonyl (C=O) groups is 1. The summed E-state index contributed by atoms with van der Waals surface area (Å²) in [6.45, 7) is 2.55. The number of benzene rings is 2. The first-order valence-corrected chi connectivity index (χ1v) is 7.38. The number of fused-ring (bicyclic) bond motifs is 1. The van der Waals surface area contributed by atoms with E-state index in [2.05, 4.69) is 5.32 Å². The number of para-hydroxylation sites is 1. The highest BCUT2D eigenvalue weighted by Crippen LogP contribution is 2.36. The maximum Gasteiger partial charge on any atom is 0.251 e. The third-order valence-electron chi connectivity index (χ3n) is 3.98. The minimum atomic E-state index is -1.09. The summed E-state index contributed by atoms with van der Waals surface area (Å²) in [6.07, 6.45) is 0.456. The molecule has 114 valence electrons. The number of hydrogen-bond acceptors (Lipinski definition) is 3. The second-order valence-corrected chi connectivity index (χ2v) is 5.68. The molecule has 1 aliphatic rings. The lowest BCUT2D eigenvalue weighted by Crippen LogP contribution is -2.43. The summed E-state index contributed by atoms with van der Waals surface area (Å²) in [4.78, 5) is 12.2. The van der Waals surface area contributed by atoms with E-state index in [1.54, 1.807) is 6.07 Å². The molecular weight excluding hydrogens is 278 g/mol. The van der Waals surface area contributed by atoms with Crippen molar-refractivity contribution in [2.45, 2.75) is 18.9 Å². The number of hydrogen-bond donors (Lipinski definition) is 2. The molecule has 1 heterocycles. The van der Waals surface area contributed by atoms with Crippen molar-refractivity contribution in [3.05, 3.63) is 65.2 Å². The predicted octanol–water partition coefficient (Wildman–Crippen LogP) is 2.40. The van der Waals surface area contributed by atoms with Crippen molar-refractivity contribution in [2.24, 2.45) is 0 Å². The Balaban J connectivity index is 1.75. The smallest absolute Gasteiger partial charge is 0.251 e.